The van der Waals surface area contributed by atoms with E-state index in [2.05, 4.69) is 4.98 Å². The fraction of sp³-hybridized carbons (Fsp3) is 0.120. The van der Waals surface area contributed by atoms with E-state index in [1.165, 1.54) is 41.3 Å². The number of aryl methyl sites for hydroxylation is 2. The summed E-state index contributed by atoms with van der Waals surface area (Å²) >= 11 is 12.7. The van der Waals surface area contributed by atoms with Gasteiger partial charge in [0.1, 0.15) is 0 Å². The van der Waals surface area contributed by atoms with Crippen LogP contribution in [0, 0.1) is 13.8 Å². The number of alkyl halides is 3. The van der Waals surface area contributed by atoms with Crippen molar-refractivity contribution in [2.24, 2.45) is 0 Å². The van der Waals surface area contributed by atoms with Crippen LogP contribution >= 0.6 is 34.5 Å². The van der Waals surface area contributed by atoms with E-state index >= 15 is 0 Å². The van der Waals surface area contributed by atoms with Crippen molar-refractivity contribution < 1.29 is 18.0 Å². The first-order chi connectivity index (χ1) is 16.0. The summed E-state index contributed by atoms with van der Waals surface area (Å²) in [5.74, 6) is -0.520. The van der Waals surface area contributed by atoms with E-state index in [-0.39, 0.29) is 15.6 Å². The minimum atomic E-state index is -4.72. The van der Waals surface area contributed by atoms with Gasteiger partial charge in [0.05, 0.1) is 10.6 Å². The van der Waals surface area contributed by atoms with Gasteiger partial charge in [-0.2, -0.15) is 13.2 Å². The second-order valence-corrected chi connectivity index (χ2v) is 9.47. The van der Waals surface area contributed by atoms with Gasteiger partial charge in [0.15, 0.2) is 10.8 Å². The molecule has 0 aliphatic carbocycles. The Kier molecular flexibility index (Phi) is 6.71. The standard InChI is InChI=1S/C25H17Cl2F3N2OS/c1-14-3-12-20(15(2)13-14)32(23(33)17-6-10-19(27)11-7-17)24-31-22(25(28,29)30)21(34-24)16-4-8-18(26)9-5-16/h3-13H,1-2H3. The van der Waals surface area contributed by atoms with Crippen LogP contribution in [0.4, 0.5) is 24.0 Å². The molecule has 0 N–H and O–H groups in total. The van der Waals surface area contributed by atoms with Crippen LogP contribution in [0.3, 0.4) is 0 Å². The minimum absolute atomic E-state index is 0.0934. The molecule has 0 unspecified atom stereocenters. The van der Waals surface area contributed by atoms with Gasteiger partial charge in [0, 0.05) is 15.6 Å². The van der Waals surface area contributed by atoms with Crippen LogP contribution in [0.25, 0.3) is 10.4 Å². The molecule has 4 aromatic rings. The minimum Gasteiger partial charge on any atom is -0.268 e. The highest BCUT2D eigenvalue weighted by Gasteiger charge is 2.39. The van der Waals surface area contributed by atoms with Crippen LogP contribution in [-0.2, 0) is 6.18 Å². The van der Waals surface area contributed by atoms with Gasteiger partial charge < -0.3 is 0 Å². The summed E-state index contributed by atoms with van der Waals surface area (Å²) in [4.78, 5) is 18.6. The summed E-state index contributed by atoms with van der Waals surface area (Å²) in [5, 5.41) is 0.745. The van der Waals surface area contributed by atoms with Crippen molar-refractivity contribution in [3.8, 4) is 10.4 Å². The molecule has 0 aliphatic heterocycles. The Morgan fingerprint density at radius 3 is 2.06 bits per heavy atom. The topological polar surface area (TPSA) is 33.2 Å². The molecule has 1 heterocycles. The van der Waals surface area contributed by atoms with E-state index in [1.807, 2.05) is 13.0 Å². The molecule has 0 saturated carbocycles. The lowest BCUT2D eigenvalue weighted by Crippen LogP contribution is -2.26. The molecule has 0 bridgehead atoms. The van der Waals surface area contributed by atoms with Crippen molar-refractivity contribution in [1.82, 2.24) is 4.98 Å². The summed E-state index contributed by atoms with van der Waals surface area (Å²) in [7, 11) is 0. The fourth-order valence-corrected chi connectivity index (χ4v) is 4.83. The quantitative estimate of drug-likeness (QED) is 0.269. The van der Waals surface area contributed by atoms with Gasteiger partial charge in [-0.15, -0.1) is 0 Å². The van der Waals surface area contributed by atoms with Gasteiger partial charge in [-0.05, 0) is 67.4 Å². The van der Waals surface area contributed by atoms with Crippen LogP contribution in [0.2, 0.25) is 10.0 Å². The largest absolute Gasteiger partial charge is 0.434 e. The predicted molar refractivity (Wildman–Crippen MR) is 131 cm³/mol. The smallest absolute Gasteiger partial charge is 0.268 e. The van der Waals surface area contributed by atoms with E-state index < -0.39 is 17.8 Å². The first-order valence-corrected chi connectivity index (χ1v) is 11.6. The number of rotatable bonds is 4. The van der Waals surface area contributed by atoms with Crippen LogP contribution in [-0.4, -0.2) is 10.9 Å². The molecular weight excluding hydrogens is 504 g/mol. The Morgan fingerprint density at radius 2 is 1.50 bits per heavy atom. The summed E-state index contributed by atoms with van der Waals surface area (Å²) < 4.78 is 42.0. The number of aromatic nitrogens is 1. The number of carbonyl (C=O) groups excluding carboxylic acids is 1. The van der Waals surface area contributed by atoms with E-state index in [9.17, 15) is 18.0 Å². The molecule has 0 radical (unpaired) electrons. The summed E-state index contributed by atoms with van der Waals surface area (Å²) in [6.45, 7) is 3.69. The summed E-state index contributed by atoms with van der Waals surface area (Å²) in [6, 6.07) is 17.5. The number of hydrogen-bond donors (Lipinski definition) is 0. The maximum absolute atomic E-state index is 14.0. The Labute approximate surface area is 208 Å². The number of amides is 1. The van der Waals surface area contributed by atoms with Crippen molar-refractivity contribution in [2.75, 3.05) is 4.90 Å². The van der Waals surface area contributed by atoms with Crippen molar-refractivity contribution in [3.63, 3.8) is 0 Å². The molecule has 0 aliphatic rings. The zero-order valence-corrected chi connectivity index (χ0v) is 20.3. The van der Waals surface area contributed by atoms with E-state index in [0.29, 0.717) is 21.3 Å². The molecule has 0 spiro atoms. The Morgan fingerprint density at radius 1 is 0.912 bits per heavy atom. The molecule has 0 atom stereocenters. The monoisotopic (exact) mass is 520 g/mol. The maximum Gasteiger partial charge on any atom is 0.434 e. The van der Waals surface area contributed by atoms with Gasteiger partial charge in [-0.25, -0.2) is 4.98 Å². The Hall–Kier alpha value is -2.87. The number of hydrogen-bond acceptors (Lipinski definition) is 3. The molecule has 9 heteroatoms. The summed E-state index contributed by atoms with van der Waals surface area (Å²) in [6.07, 6.45) is -4.72. The highest BCUT2D eigenvalue weighted by molar-refractivity contribution is 7.19. The van der Waals surface area contributed by atoms with Crippen LogP contribution in [0.1, 0.15) is 27.2 Å². The van der Waals surface area contributed by atoms with E-state index in [0.717, 1.165) is 22.5 Å². The molecule has 1 aromatic heterocycles. The van der Waals surface area contributed by atoms with Crippen molar-refractivity contribution in [3.05, 3.63) is 99.2 Å². The molecular formula is C25H17Cl2F3N2OS. The molecule has 1 amide bonds. The van der Waals surface area contributed by atoms with Crippen LogP contribution in [0.15, 0.2) is 66.7 Å². The maximum atomic E-state index is 14.0. The van der Waals surface area contributed by atoms with Crippen molar-refractivity contribution in [1.29, 1.82) is 0 Å². The van der Waals surface area contributed by atoms with Gasteiger partial charge >= 0.3 is 6.18 Å². The molecule has 34 heavy (non-hydrogen) atoms. The van der Waals surface area contributed by atoms with E-state index in [1.54, 1.807) is 31.2 Å². The normalized spacial score (nSPS) is 11.5. The lowest BCUT2D eigenvalue weighted by Gasteiger charge is -2.22. The van der Waals surface area contributed by atoms with Gasteiger partial charge in [-0.1, -0.05) is 64.4 Å². The molecule has 3 aromatic carbocycles. The second-order valence-electron chi connectivity index (χ2n) is 7.62. The van der Waals surface area contributed by atoms with E-state index in [4.69, 9.17) is 23.2 Å². The van der Waals surface area contributed by atoms with Crippen LogP contribution < -0.4 is 4.90 Å². The van der Waals surface area contributed by atoms with Gasteiger partial charge in [0.2, 0.25) is 0 Å². The number of carbonyl (C=O) groups is 1. The number of halogens is 5. The third kappa shape index (κ3) is 4.97. The van der Waals surface area contributed by atoms with Crippen molar-refractivity contribution in [2.45, 2.75) is 20.0 Å². The third-order valence-electron chi connectivity index (χ3n) is 5.07. The average molecular weight is 521 g/mol. The third-order valence-corrected chi connectivity index (χ3v) is 6.66. The first-order valence-electron chi connectivity index (χ1n) is 10.1. The molecule has 174 valence electrons. The Balaban J connectivity index is 1.93. The zero-order chi connectivity index (χ0) is 24.6. The number of anilines is 2. The van der Waals surface area contributed by atoms with Crippen molar-refractivity contribution >= 4 is 51.3 Å². The molecule has 0 fully saturated rings. The Bertz CT molecular complexity index is 1350. The van der Waals surface area contributed by atoms with Crippen LogP contribution in [0.5, 0.6) is 0 Å². The lowest BCUT2D eigenvalue weighted by atomic mass is 10.1. The molecule has 0 saturated heterocycles. The highest BCUT2D eigenvalue weighted by atomic mass is 35.5. The first kappa shape index (κ1) is 24.3. The lowest BCUT2D eigenvalue weighted by molar-refractivity contribution is -0.140. The zero-order valence-electron chi connectivity index (χ0n) is 18.0. The second kappa shape index (κ2) is 9.41. The number of benzene rings is 3. The summed E-state index contributed by atoms with van der Waals surface area (Å²) in [5.41, 5.74) is 1.63. The fourth-order valence-electron chi connectivity index (χ4n) is 3.47. The number of nitrogens with zero attached hydrogens (tertiary/aromatic N) is 2. The number of thiazole rings is 1. The molecule has 3 nitrogen and oxygen atoms in total. The van der Waals surface area contributed by atoms with Gasteiger partial charge in [-0.3, -0.25) is 9.69 Å². The molecule has 4 rings (SSSR count). The highest BCUT2D eigenvalue weighted by Crippen LogP contribution is 2.45. The average Bonchev–Trinajstić information content (AvgIpc) is 3.22. The predicted octanol–water partition coefficient (Wildman–Crippen LogP) is 8.73. The SMILES string of the molecule is Cc1ccc(N(C(=O)c2ccc(Cl)cc2)c2nc(C(F)(F)F)c(-c3ccc(Cl)cc3)s2)c(C)c1. The van der Waals surface area contributed by atoms with Gasteiger partial charge in [0.25, 0.3) is 5.91 Å².